The summed E-state index contributed by atoms with van der Waals surface area (Å²) in [5, 5.41) is 18.8. The van der Waals surface area contributed by atoms with Gasteiger partial charge in [0.05, 0.1) is 18.2 Å². The van der Waals surface area contributed by atoms with Gasteiger partial charge < -0.3 is 31.7 Å². The van der Waals surface area contributed by atoms with E-state index in [1.54, 1.807) is 4.90 Å². The van der Waals surface area contributed by atoms with Crippen LogP contribution in [0.25, 0.3) is 0 Å². The van der Waals surface area contributed by atoms with Crippen molar-refractivity contribution in [3.05, 3.63) is 0 Å². The highest BCUT2D eigenvalue weighted by Gasteiger charge is 2.70. The molecular formula is C30H49N5O6. The van der Waals surface area contributed by atoms with Gasteiger partial charge in [-0.05, 0) is 47.8 Å². The summed E-state index contributed by atoms with van der Waals surface area (Å²) in [6.07, 6.45) is 7.48. The minimum Gasteiger partial charge on any atom is -0.394 e. The second kappa shape index (κ2) is 11.5. The number of amides is 5. The number of carbonyl (C=O) groups excluding carboxylic acids is 5. The molecule has 11 nitrogen and oxygen atoms in total. The summed E-state index contributed by atoms with van der Waals surface area (Å²) in [6.45, 7) is 9.89. The maximum Gasteiger partial charge on any atom is 0.315 e. The van der Waals surface area contributed by atoms with Crippen LogP contribution in [0.2, 0.25) is 0 Å². The first-order valence-corrected chi connectivity index (χ1v) is 15.3. The Hall–Kier alpha value is -2.69. The number of hydrogen-bond acceptors (Lipinski definition) is 6. The third kappa shape index (κ3) is 6.70. The predicted molar refractivity (Wildman–Crippen MR) is 152 cm³/mol. The molecule has 5 atom stereocenters. The lowest BCUT2D eigenvalue weighted by atomic mass is 9.85. The fraction of sp³-hybridized carbons (Fsp3) is 0.833. The lowest BCUT2D eigenvalue weighted by Gasteiger charge is -2.39. The number of nitrogens with one attached hydrogen (secondary N) is 3. The van der Waals surface area contributed by atoms with Crippen molar-refractivity contribution in [2.24, 2.45) is 34.3 Å². The Morgan fingerprint density at radius 2 is 1.61 bits per heavy atom. The third-order valence-electron chi connectivity index (χ3n) is 10.0. The van der Waals surface area contributed by atoms with E-state index in [2.05, 4.69) is 29.8 Å². The van der Waals surface area contributed by atoms with E-state index >= 15 is 0 Å². The lowest BCUT2D eigenvalue weighted by Crippen LogP contribution is -2.63. The molecule has 3 saturated carbocycles. The maximum atomic E-state index is 14.1. The van der Waals surface area contributed by atoms with Crippen molar-refractivity contribution in [1.82, 2.24) is 20.9 Å². The van der Waals surface area contributed by atoms with Gasteiger partial charge in [-0.25, -0.2) is 4.79 Å². The van der Waals surface area contributed by atoms with Gasteiger partial charge in [-0.15, -0.1) is 0 Å². The van der Waals surface area contributed by atoms with Gasteiger partial charge in [-0.2, -0.15) is 0 Å². The first-order chi connectivity index (χ1) is 19.1. The zero-order valence-corrected chi connectivity index (χ0v) is 25.3. The van der Waals surface area contributed by atoms with Crippen molar-refractivity contribution in [3.8, 4) is 0 Å². The largest absolute Gasteiger partial charge is 0.394 e. The molecule has 0 aromatic heterocycles. The highest BCUT2D eigenvalue weighted by atomic mass is 16.3. The molecule has 41 heavy (non-hydrogen) atoms. The Labute approximate surface area is 243 Å². The Morgan fingerprint density at radius 3 is 2.12 bits per heavy atom. The molecule has 0 aromatic carbocycles. The molecule has 4 rings (SSSR count). The number of rotatable bonds is 10. The number of piperidine rings is 1. The summed E-state index contributed by atoms with van der Waals surface area (Å²) < 4.78 is 0. The molecule has 3 aliphatic carbocycles. The van der Waals surface area contributed by atoms with Crippen molar-refractivity contribution in [2.45, 2.75) is 116 Å². The van der Waals surface area contributed by atoms with E-state index in [0.717, 1.165) is 38.5 Å². The number of aliphatic hydroxyl groups is 1. The van der Waals surface area contributed by atoms with Gasteiger partial charge in [-0.1, -0.05) is 73.1 Å². The summed E-state index contributed by atoms with van der Waals surface area (Å²) >= 11 is 0. The van der Waals surface area contributed by atoms with E-state index in [4.69, 9.17) is 5.73 Å². The lowest BCUT2D eigenvalue weighted by molar-refractivity contribution is -0.145. The van der Waals surface area contributed by atoms with Gasteiger partial charge in [-0.3, -0.25) is 19.2 Å². The molecule has 1 unspecified atom stereocenters. The topological polar surface area (TPSA) is 171 Å². The molecule has 230 valence electrons. The molecule has 4 aliphatic rings. The third-order valence-corrected chi connectivity index (χ3v) is 10.0. The van der Waals surface area contributed by atoms with Crippen LogP contribution in [0.1, 0.15) is 92.4 Å². The molecule has 0 bridgehead atoms. The zero-order valence-electron chi connectivity index (χ0n) is 25.3. The molecule has 5 amide bonds. The summed E-state index contributed by atoms with van der Waals surface area (Å²) in [6, 6.07) is -3.29. The summed E-state index contributed by atoms with van der Waals surface area (Å²) in [4.78, 5) is 67.0. The number of aliphatic hydroxyl groups excluding tert-OH is 1. The van der Waals surface area contributed by atoms with Gasteiger partial charge >= 0.3 is 6.03 Å². The fourth-order valence-electron chi connectivity index (χ4n) is 7.11. The van der Waals surface area contributed by atoms with Crippen LogP contribution in [-0.4, -0.2) is 76.4 Å². The van der Waals surface area contributed by atoms with Crippen molar-refractivity contribution in [1.29, 1.82) is 0 Å². The number of likely N-dealkylation sites (tertiary alicyclic amines) is 1. The highest BCUT2D eigenvalue weighted by Crippen LogP contribution is 2.65. The number of urea groups is 1. The normalized spacial score (nSPS) is 28.0. The van der Waals surface area contributed by atoms with Crippen LogP contribution >= 0.6 is 0 Å². The number of nitrogens with zero attached hydrogens (tertiary/aromatic N) is 1. The van der Waals surface area contributed by atoms with E-state index in [-0.39, 0.29) is 35.7 Å². The van der Waals surface area contributed by atoms with E-state index in [9.17, 15) is 29.1 Å². The minimum absolute atomic E-state index is 0.102. The average molecular weight is 576 g/mol. The van der Waals surface area contributed by atoms with Crippen LogP contribution < -0.4 is 21.7 Å². The van der Waals surface area contributed by atoms with E-state index in [1.165, 1.54) is 0 Å². The van der Waals surface area contributed by atoms with Crippen molar-refractivity contribution >= 4 is 29.5 Å². The van der Waals surface area contributed by atoms with E-state index in [0.29, 0.717) is 25.8 Å². The molecule has 0 radical (unpaired) electrons. The molecule has 1 heterocycles. The van der Waals surface area contributed by atoms with Gasteiger partial charge in [0, 0.05) is 6.54 Å². The Bertz CT molecular complexity index is 1060. The molecular weight excluding hydrogens is 526 g/mol. The number of ketones is 1. The summed E-state index contributed by atoms with van der Waals surface area (Å²) in [5.41, 5.74) is 3.72. The van der Waals surface area contributed by atoms with Crippen molar-refractivity contribution in [2.75, 3.05) is 13.2 Å². The van der Waals surface area contributed by atoms with Gasteiger partial charge in [0.2, 0.25) is 17.6 Å². The molecule has 0 aromatic rings. The number of carbonyl (C=O) groups is 5. The molecule has 1 aliphatic heterocycles. The number of fused-ring (bicyclic) bond motifs is 1. The number of primary amides is 1. The smallest absolute Gasteiger partial charge is 0.315 e. The second-order valence-corrected chi connectivity index (χ2v) is 14.6. The standard InChI is InChI=1S/C30H49N5O6/c1-28(2,3)23(33-27(41)34-30(16-36)12-8-6-7-9-13-30)26(40)35-15-18-20(29(18,4)5)21(35)25(39)32-19(14-17-10-11-17)22(37)24(31)38/h17-21,23,36H,6-16H2,1-5H3,(H2,31,38)(H,32,39)(H2,33,34,41)/t18-,19?,20-,21-,23+/m0/s1. The SMILES string of the molecule is CC(C)(C)[C@H](NC(=O)NC1(CO)CCCCCC1)C(=O)N1C[C@H]2[C@@H]([C@H]1C(=O)NC(CC1CC1)C(=O)C(N)=O)C2(C)C. The van der Waals surface area contributed by atoms with Crippen molar-refractivity contribution in [3.63, 3.8) is 0 Å². The van der Waals surface area contributed by atoms with Crippen LogP contribution in [0.15, 0.2) is 0 Å². The minimum atomic E-state index is -1.09. The van der Waals surface area contributed by atoms with Crippen LogP contribution in [-0.2, 0) is 19.2 Å². The van der Waals surface area contributed by atoms with E-state index < -0.39 is 52.7 Å². The first-order valence-electron chi connectivity index (χ1n) is 15.3. The van der Waals surface area contributed by atoms with E-state index in [1.807, 2.05) is 20.8 Å². The second-order valence-electron chi connectivity index (χ2n) is 14.6. The Kier molecular flexibility index (Phi) is 8.79. The number of hydrogen-bond donors (Lipinski definition) is 5. The summed E-state index contributed by atoms with van der Waals surface area (Å²) in [7, 11) is 0. The quantitative estimate of drug-likeness (QED) is 0.196. The molecule has 1 saturated heterocycles. The fourth-order valence-corrected chi connectivity index (χ4v) is 7.11. The first kappa shape index (κ1) is 31.3. The van der Waals surface area contributed by atoms with Crippen LogP contribution in [0, 0.1) is 28.6 Å². The molecule has 11 heteroatoms. The van der Waals surface area contributed by atoms with Gasteiger partial charge in [0.15, 0.2) is 0 Å². The highest BCUT2D eigenvalue weighted by molar-refractivity contribution is 6.37. The van der Waals surface area contributed by atoms with Gasteiger partial charge in [0.25, 0.3) is 5.91 Å². The molecule has 6 N–H and O–H groups in total. The predicted octanol–water partition coefficient (Wildman–Crippen LogP) is 1.61. The van der Waals surface area contributed by atoms with Crippen LogP contribution in [0.4, 0.5) is 4.79 Å². The molecule has 0 spiro atoms. The van der Waals surface area contributed by atoms with Crippen molar-refractivity contribution < 1.29 is 29.1 Å². The summed E-state index contributed by atoms with van der Waals surface area (Å²) in [5.74, 6) is -2.48. The van der Waals surface area contributed by atoms with Crippen LogP contribution in [0.3, 0.4) is 0 Å². The zero-order chi connectivity index (χ0) is 30.3. The number of Topliss-reactive ketones (excluding diaryl/α,β-unsaturated/α-hetero) is 1. The Balaban J connectivity index is 1.52. The molecule has 4 fully saturated rings. The average Bonchev–Trinajstić information content (AvgIpc) is 3.76. The van der Waals surface area contributed by atoms with Crippen LogP contribution in [0.5, 0.6) is 0 Å². The maximum absolute atomic E-state index is 14.1. The monoisotopic (exact) mass is 575 g/mol. The number of nitrogens with two attached hydrogens (primary N) is 1. The van der Waals surface area contributed by atoms with Gasteiger partial charge in [0.1, 0.15) is 12.1 Å². The Morgan fingerprint density at radius 1 is 1.00 bits per heavy atom.